The number of rotatable bonds is 13. The molecule has 2 fully saturated rings. The van der Waals surface area contributed by atoms with E-state index >= 15 is 0 Å². The van der Waals surface area contributed by atoms with E-state index < -0.39 is 52.7 Å². The lowest BCUT2D eigenvalue weighted by molar-refractivity contribution is -0.162. The Morgan fingerprint density at radius 2 is 1.80 bits per heavy atom. The molecule has 1 heterocycles. The predicted octanol–water partition coefficient (Wildman–Crippen LogP) is 3.07. The van der Waals surface area contributed by atoms with Crippen LogP contribution in [0.5, 0.6) is 0 Å². The average molecular weight is 513 g/mol. The molecule has 194 valence electrons. The minimum Gasteiger partial charge on any atom is -0.469 e. The molecular formula is C25H33ClO9. The second-order valence-electron chi connectivity index (χ2n) is 8.46. The van der Waals surface area contributed by atoms with Crippen LogP contribution in [0.3, 0.4) is 0 Å². The molecule has 1 aliphatic heterocycles. The van der Waals surface area contributed by atoms with Gasteiger partial charge in [0, 0.05) is 32.3 Å². The van der Waals surface area contributed by atoms with Crippen molar-refractivity contribution in [1.29, 1.82) is 0 Å². The van der Waals surface area contributed by atoms with E-state index in [-0.39, 0.29) is 31.3 Å². The SMILES string of the molecule is CC/C=C\C/C=C\C[C@]1(O)/C(=C\[C@H](OC(C)=O)[C@H](CCCC(=O)OC)OC(C)=O)C(=O)C2(Cl)OC21. The van der Waals surface area contributed by atoms with E-state index in [1.165, 1.54) is 27.0 Å². The van der Waals surface area contributed by atoms with Crippen LogP contribution in [-0.2, 0) is 38.1 Å². The number of ketones is 1. The maximum Gasteiger partial charge on any atom is 0.305 e. The number of epoxide rings is 1. The number of hydrogen-bond donors (Lipinski definition) is 1. The van der Waals surface area contributed by atoms with Crippen molar-refractivity contribution in [3.63, 3.8) is 0 Å². The predicted molar refractivity (Wildman–Crippen MR) is 126 cm³/mol. The Kier molecular flexibility index (Phi) is 10.2. The number of carbonyl (C=O) groups is 4. The van der Waals surface area contributed by atoms with Gasteiger partial charge in [-0.05, 0) is 31.8 Å². The first kappa shape index (κ1) is 28.7. The minimum atomic E-state index is -1.75. The Bertz CT molecular complexity index is 909. The molecule has 0 aromatic rings. The quantitative estimate of drug-likeness (QED) is 0.0987. The number of halogens is 1. The third kappa shape index (κ3) is 7.25. The molecule has 2 rings (SSSR count). The highest BCUT2D eigenvalue weighted by Crippen LogP contribution is 2.59. The largest absolute Gasteiger partial charge is 0.469 e. The summed E-state index contributed by atoms with van der Waals surface area (Å²) in [4.78, 5) is 48.1. The maximum atomic E-state index is 13.0. The van der Waals surface area contributed by atoms with Crippen LogP contribution in [0.4, 0.5) is 0 Å². The molecule has 0 bridgehead atoms. The van der Waals surface area contributed by atoms with Gasteiger partial charge in [-0.1, -0.05) is 42.8 Å². The highest BCUT2D eigenvalue weighted by Gasteiger charge is 2.78. The van der Waals surface area contributed by atoms with Gasteiger partial charge < -0.3 is 24.1 Å². The van der Waals surface area contributed by atoms with Crippen molar-refractivity contribution in [2.75, 3.05) is 7.11 Å². The van der Waals surface area contributed by atoms with Crippen LogP contribution >= 0.6 is 11.6 Å². The van der Waals surface area contributed by atoms with Gasteiger partial charge in [-0.15, -0.1) is 0 Å². The molecule has 10 heteroatoms. The molecule has 1 saturated carbocycles. The lowest BCUT2D eigenvalue weighted by Crippen LogP contribution is -2.39. The normalized spacial score (nSPS) is 28.2. The zero-order valence-corrected chi connectivity index (χ0v) is 21.2. The zero-order chi connectivity index (χ0) is 26.2. The molecule has 0 aromatic heterocycles. The van der Waals surface area contributed by atoms with Crippen LogP contribution in [0.15, 0.2) is 36.0 Å². The van der Waals surface area contributed by atoms with Crippen molar-refractivity contribution < 1.29 is 43.2 Å². The van der Waals surface area contributed by atoms with E-state index in [0.717, 1.165) is 6.42 Å². The summed E-state index contributed by atoms with van der Waals surface area (Å²) in [5.41, 5.74) is -1.83. The van der Waals surface area contributed by atoms with Gasteiger partial charge in [0.25, 0.3) is 0 Å². The van der Waals surface area contributed by atoms with E-state index in [1.807, 2.05) is 25.2 Å². The smallest absolute Gasteiger partial charge is 0.305 e. The van der Waals surface area contributed by atoms with Crippen LogP contribution in [-0.4, -0.2) is 64.9 Å². The Balaban J connectivity index is 2.34. The van der Waals surface area contributed by atoms with Gasteiger partial charge in [-0.25, -0.2) is 0 Å². The van der Waals surface area contributed by atoms with Gasteiger partial charge >= 0.3 is 17.9 Å². The van der Waals surface area contributed by atoms with Gasteiger partial charge in [0.1, 0.15) is 17.8 Å². The summed E-state index contributed by atoms with van der Waals surface area (Å²) in [5.74, 6) is -2.41. The summed E-state index contributed by atoms with van der Waals surface area (Å²) >= 11 is 6.29. The Morgan fingerprint density at radius 1 is 1.14 bits per heavy atom. The molecule has 0 amide bonds. The molecule has 1 saturated heterocycles. The van der Waals surface area contributed by atoms with Crippen LogP contribution in [0.2, 0.25) is 0 Å². The number of Topliss-reactive ketones (excluding diaryl/α,β-unsaturated/α-hetero) is 1. The fraction of sp³-hybridized carbons (Fsp3) is 0.600. The molecule has 35 heavy (non-hydrogen) atoms. The molecule has 1 N–H and O–H groups in total. The fourth-order valence-electron chi connectivity index (χ4n) is 4.00. The number of alkyl halides is 1. The third-order valence-electron chi connectivity index (χ3n) is 5.71. The minimum absolute atomic E-state index is 0.0387. The molecule has 0 spiro atoms. The van der Waals surface area contributed by atoms with E-state index in [2.05, 4.69) is 4.74 Å². The summed E-state index contributed by atoms with van der Waals surface area (Å²) in [6.45, 7) is 4.38. The molecule has 2 aliphatic rings. The van der Waals surface area contributed by atoms with Crippen LogP contribution in [0.25, 0.3) is 0 Å². The summed E-state index contributed by atoms with van der Waals surface area (Å²) in [6.07, 6.45) is 7.73. The van der Waals surface area contributed by atoms with Gasteiger partial charge in [0.15, 0.2) is 6.10 Å². The molecule has 2 unspecified atom stereocenters. The van der Waals surface area contributed by atoms with E-state index in [9.17, 15) is 24.3 Å². The van der Waals surface area contributed by atoms with Gasteiger partial charge in [0.05, 0.1) is 7.11 Å². The van der Waals surface area contributed by atoms with Crippen molar-refractivity contribution in [1.82, 2.24) is 0 Å². The molecule has 9 nitrogen and oxygen atoms in total. The Morgan fingerprint density at radius 3 is 2.40 bits per heavy atom. The highest BCUT2D eigenvalue weighted by atomic mass is 35.5. The molecule has 0 radical (unpaired) electrons. The Labute approximate surface area is 210 Å². The zero-order valence-electron chi connectivity index (χ0n) is 20.5. The lowest BCUT2D eigenvalue weighted by Gasteiger charge is -2.28. The van der Waals surface area contributed by atoms with Gasteiger partial charge in [-0.2, -0.15) is 0 Å². The number of allylic oxidation sites excluding steroid dienone is 3. The van der Waals surface area contributed by atoms with Crippen molar-refractivity contribution in [3.05, 3.63) is 36.0 Å². The molecule has 5 atom stereocenters. The number of ether oxygens (including phenoxy) is 4. The maximum absolute atomic E-state index is 13.0. The van der Waals surface area contributed by atoms with Gasteiger partial charge in [0.2, 0.25) is 10.8 Å². The molecule has 1 aliphatic carbocycles. The van der Waals surface area contributed by atoms with Crippen molar-refractivity contribution in [2.45, 2.75) is 88.3 Å². The fourth-order valence-corrected chi connectivity index (χ4v) is 4.37. The number of esters is 3. The number of aliphatic hydroxyl groups is 1. The summed E-state index contributed by atoms with van der Waals surface area (Å²) in [6, 6.07) is 0. The lowest BCUT2D eigenvalue weighted by atomic mass is 9.89. The average Bonchev–Trinajstić information content (AvgIpc) is 3.47. The van der Waals surface area contributed by atoms with E-state index in [0.29, 0.717) is 6.42 Å². The monoisotopic (exact) mass is 512 g/mol. The summed E-state index contributed by atoms with van der Waals surface area (Å²) < 4.78 is 20.7. The van der Waals surface area contributed by atoms with Crippen LogP contribution in [0.1, 0.15) is 59.3 Å². The van der Waals surface area contributed by atoms with Crippen molar-refractivity contribution >= 4 is 35.3 Å². The molecular weight excluding hydrogens is 480 g/mol. The Hall–Kier alpha value is -2.49. The third-order valence-corrected chi connectivity index (χ3v) is 6.17. The summed E-state index contributed by atoms with van der Waals surface area (Å²) in [7, 11) is 1.26. The summed E-state index contributed by atoms with van der Waals surface area (Å²) in [5, 5.41) is 9.77. The first-order chi connectivity index (χ1) is 16.5. The number of methoxy groups -OCH3 is 1. The highest BCUT2D eigenvalue weighted by molar-refractivity contribution is 6.41. The number of hydrogen-bond acceptors (Lipinski definition) is 9. The van der Waals surface area contributed by atoms with Gasteiger partial charge in [-0.3, -0.25) is 19.2 Å². The van der Waals surface area contributed by atoms with Crippen LogP contribution < -0.4 is 0 Å². The number of fused-ring (bicyclic) bond motifs is 1. The second-order valence-corrected chi connectivity index (χ2v) is 9.02. The molecule has 0 aromatic carbocycles. The van der Waals surface area contributed by atoms with Crippen molar-refractivity contribution in [2.24, 2.45) is 0 Å². The van der Waals surface area contributed by atoms with Crippen molar-refractivity contribution in [3.8, 4) is 0 Å². The first-order valence-electron chi connectivity index (χ1n) is 11.6. The second kappa shape index (κ2) is 12.5. The number of carbonyl (C=O) groups excluding carboxylic acids is 4. The standard InChI is InChI=1S/C25H33ClO9/c1-5-6-7-8-9-10-14-24(31)18(22(30)25(26)23(24)35-25)15-20(34-17(3)28)19(33-16(2)27)12-11-13-21(29)32-4/h6-7,9-10,15,19-20,23,31H,5,8,11-14H2,1-4H3/b7-6-,10-9-,18-15-/t19-,20-,23?,24-,25?/m0/s1. The van der Waals surface area contributed by atoms with E-state index in [4.69, 9.17) is 25.8 Å². The topological polar surface area (TPSA) is 129 Å². The first-order valence-corrected chi connectivity index (χ1v) is 11.9. The van der Waals surface area contributed by atoms with Crippen LogP contribution in [0, 0.1) is 0 Å². The van der Waals surface area contributed by atoms with E-state index in [1.54, 1.807) is 6.08 Å².